The van der Waals surface area contributed by atoms with Crippen LogP contribution < -0.4 is 4.72 Å². The van der Waals surface area contributed by atoms with Crippen molar-refractivity contribution in [2.45, 2.75) is 37.8 Å². The molecule has 10 heteroatoms. The Labute approximate surface area is 200 Å². The third-order valence-corrected chi connectivity index (χ3v) is 7.04. The van der Waals surface area contributed by atoms with Crippen molar-refractivity contribution < 1.29 is 26.4 Å². The second-order valence-corrected chi connectivity index (χ2v) is 9.98. The number of rotatable bonds is 7. The lowest BCUT2D eigenvalue weighted by atomic mass is 10.0. The number of carbonyl (C=O) groups is 1. The molecule has 0 atom stereocenters. The Kier molecular flexibility index (Phi) is 6.42. The predicted octanol–water partition coefficient (Wildman–Crippen LogP) is 5.68. The van der Waals surface area contributed by atoms with Crippen molar-refractivity contribution in [3.8, 4) is 0 Å². The molecule has 0 unspecified atom stereocenters. The monoisotopic (exact) mass is 501 g/mol. The topological polar surface area (TPSA) is 91.9 Å². The highest BCUT2D eigenvalue weighted by Crippen LogP contribution is 2.31. The minimum Gasteiger partial charge on any atom is -0.337 e. The van der Waals surface area contributed by atoms with Gasteiger partial charge in [-0.05, 0) is 78.9 Å². The molecule has 0 aliphatic heterocycles. The van der Waals surface area contributed by atoms with E-state index in [1.807, 2.05) is 13.0 Å². The first-order valence-electron chi connectivity index (χ1n) is 10.7. The van der Waals surface area contributed by atoms with Gasteiger partial charge in [0.25, 0.3) is 10.0 Å². The average molecular weight is 502 g/mol. The Bertz CT molecular complexity index is 1530. The van der Waals surface area contributed by atoms with Gasteiger partial charge >= 0.3 is 6.18 Å². The van der Waals surface area contributed by atoms with Gasteiger partial charge in [-0.15, -0.1) is 0 Å². The van der Waals surface area contributed by atoms with E-state index in [1.165, 1.54) is 6.92 Å². The van der Waals surface area contributed by atoms with Crippen molar-refractivity contribution in [1.29, 1.82) is 0 Å². The number of halogens is 3. The van der Waals surface area contributed by atoms with Crippen molar-refractivity contribution >= 4 is 32.5 Å². The van der Waals surface area contributed by atoms with Crippen molar-refractivity contribution in [3.63, 3.8) is 0 Å². The summed E-state index contributed by atoms with van der Waals surface area (Å²) in [7, 11) is -4.21. The predicted molar refractivity (Wildman–Crippen MR) is 127 cm³/mol. The smallest absolute Gasteiger partial charge is 0.337 e. The van der Waals surface area contributed by atoms with Gasteiger partial charge in [0.05, 0.1) is 16.2 Å². The van der Waals surface area contributed by atoms with Gasteiger partial charge in [0.1, 0.15) is 5.65 Å². The van der Waals surface area contributed by atoms with E-state index in [-0.39, 0.29) is 11.5 Å². The molecular weight excluding hydrogens is 479 g/mol. The molecule has 0 saturated carbocycles. The molecule has 0 fully saturated rings. The third-order valence-electron chi connectivity index (χ3n) is 5.66. The number of carbonyl (C=O) groups excluding carboxylic acids is 1. The number of anilines is 1. The molecular formula is C25H22F3N3O3S. The summed E-state index contributed by atoms with van der Waals surface area (Å²) in [4.78, 5) is 18.4. The van der Waals surface area contributed by atoms with E-state index in [9.17, 15) is 26.4 Å². The van der Waals surface area contributed by atoms with Crippen LogP contribution >= 0.6 is 0 Å². The fraction of sp³-hybridized carbons (Fsp3) is 0.200. The van der Waals surface area contributed by atoms with Gasteiger partial charge in [0.15, 0.2) is 5.78 Å². The number of alkyl halides is 3. The summed E-state index contributed by atoms with van der Waals surface area (Å²) in [6.07, 6.45) is -1.72. The fourth-order valence-electron chi connectivity index (χ4n) is 3.72. The van der Waals surface area contributed by atoms with Crippen molar-refractivity contribution in [2.75, 3.05) is 4.72 Å². The third kappa shape index (κ3) is 5.54. The van der Waals surface area contributed by atoms with Crippen LogP contribution in [0.1, 0.15) is 39.7 Å². The van der Waals surface area contributed by atoms with Gasteiger partial charge in [-0.25, -0.2) is 13.4 Å². The lowest BCUT2D eigenvalue weighted by Gasteiger charge is -2.13. The minimum atomic E-state index is -4.64. The maximum atomic E-state index is 13.0. The van der Waals surface area contributed by atoms with Gasteiger partial charge in [-0.1, -0.05) is 12.1 Å². The molecule has 182 valence electrons. The number of nitrogens with zero attached hydrogens (tertiary/aromatic N) is 1. The van der Waals surface area contributed by atoms with E-state index >= 15 is 0 Å². The molecule has 0 radical (unpaired) electrons. The highest BCUT2D eigenvalue weighted by molar-refractivity contribution is 7.92. The molecule has 0 aliphatic carbocycles. The number of Topliss-reactive ketones (excluding diaryl/α,β-unsaturated/α-hetero) is 1. The summed E-state index contributed by atoms with van der Waals surface area (Å²) in [5, 5.41) is 0.826. The molecule has 2 heterocycles. The first-order valence-corrected chi connectivity index (χ1v) is 12.2. The number of nitrogens with one attached hydrogen (secondary N) is 2. The maximum absolute atomic E-state index is 13.0. The number of aromatic amines is 1. The van der Waals surface area contributed by atoms with Gasteiger partial charge in [0, 0.05) is 24.2 Å². The SMILES string of the molecule is CC(=O)c1cc2cc(CCc3cc(NS(=O)(=O)c4cccc(C(F)(F)F)c4)ccc3C)cnc2[nH]1. The summed E-state index contributed by atoms with van der Waals surface area (Å²) in [6, 6.07) is 12.3. The van der Waals surface area contributed by atoms with Crippen molar-refractivity contribution in [3.05, 3.63) is 88.7 Å². The van der Waals surface area contributed by atoms with Crippen LogP contribution in [0, 0.1) is 6.92 Å². The molecule has 4 aromatic rings. The molecule has 0 saturated heterocycles. The summed E-state index contributed by atoms with van der Waals surface area (Å²) in [5.41, 5.74) is 3.11. The second kappa shape index (κ2) is 9.18. The lowest BCUT2D eigenvalue weighted by molar-refractivity contribution is -0.137. The molecule has 0 spiro atoms. The number of benzene rings is 2. The average Bonchev–Trinajstić information content (AvgIpc) is 3.23. The van der Waals surface area contributed by atoms with Crippen molar-refractivity contribution in [1.82, 2.24) is 9.97 Å². The summed E-state index contributed by atoms with van der Waals surface area (Å²) in [6.45, 7) is 3.37. The van der Waals surface area contributed by atoms with Crippen LogP contribution in [-0.4, -0.2) is 24.2 Å². The first kappa shape index (κ1) is 24.5. The number of hydrogen-bond donors (Lipinski definition) is 2. The zero-order valence-electron chi connectivity index (χ0n) is 18.9. The quantitative estimate of drug-likeness (QED) is 0.319. The molecule has 4 rings (SSSR count). The molecule has 35 heavy (non-hydrogen) atoms. The summed E-state index contributed by atoms with van der Waals surface area (Å²) < 4.78 is 66.8. The second-order valence-electron chi connectivity index (χ2n) is 8.29. The number of pyridine rings is 1. The number of H-pyrrole nitrogens is 1. The van der Waals surface area contributed by atoms with Crippen LogP contribution in [0.3, 0.4) is 0 Å². The van der Waals surface area contributed by atoms with Gasteiger partial charge in [0.2, 0.25) is 0 Å². The van der Waals surface area contributed by atoms with Gasteiger partial charge in [-0.2, -0.15) is 13.2 Å². The normalized spacial score (nSPS) is 12.1. The summed E-state index contributed by atoms with van der Waals surface area (Å²) in [5.74, 6) is -0.0791. The molecule has 2 aromatic heterocycles. The summed E-state index contributed by atoms with van der Waals surface area (Å²) >= 11 is 0. The van der Waals surface area contributed by atoms with Crippen LogP contribution in [0.2, 0.25) is 0 Å². The van der Waals surface area contributed by atoms with Gasteiger partial charge < -0.3 is 4.98 Å². The minimum absolute atomic E-state index is 0.0791. The number of aryl methyl sites for hydroxylation is 3. The van der Waals surface area contributed by atoms with Crippen LogP contribution in [0.25, 0.3) is 11.0 Å². The Balaban J connectivity index is 1.52. The molecule has 2 N–H and O–H groups in total. The van der Waals surface area contributed by atoms with E-state index in [0.717, 1.165) is 40.3 Å². The largest absolute Gasteiger partial charge is 0.416 e. The van der Waals surface area contributed by atoms with Crippen LogP contribution in [-0.2, 0) is 29.0 Å². The van der Waals surface area contributed by atoms with Crippen LogP contribution in [0.4, 0.5) is 18.9 Å². The molecule has 6 nitrogen and oxygen atoms in total. The zero-order valence-corrected chi connectivity index (χ0v) is 19.7. The number of sulfonamides is 1. The Hall–Kier alpha value is -3.66. The number of hydrogen-bond acceptors (Lipinski definition) is 4. The fourth-order valence-corrected chi connectivity index (χ4v) is 4.82. The van der Waals surface area contributed by atoms with Gasteiger partial charge in [-0.3, -0.25) is 9.52 Å². The van der Waals surface area contributed by atoms with Crippen LogP contribution in [0.15, 0.2) is 65.7 Å². The number of aromatic nitrogens is 2. The van der Waals surface area contributed by atoms with E-state index in [0.29, 0.717) is 30.2 Å². The Morgan fingerprint density at radius 2 is 1.83 bits per heavy atom. The Morgan fingerprint density at radius 1 is 1.06 bits per heavy atom. The van der Waals surface area contributed by atoms with E-state index in [4.69, 9.17) is 0 Å². The first-order chi connectivity index (χ1) is 16.4. The number of fused-ring (bicyclic) bond motifs is 1. The highest BCUT2D eigenvalue weighted by Gasteiger charge is 2.31. The number of ketones is 1. The van der Waals surface area contributed by atoms with E-state index < -0.39 is 26.7 Å². The maximum Gasteiger partial charge on any atom is 0.416 e. The molecule has 0 bridgehead atoms. The molecule has 2 aromatic carbocycles. The van der Waals surface area contributed by atoms with E-state index in [2.05, 4.69) is 14.7 Å². The highest BCUT2D eigenvalue weighted by atomic mass is 32.2. The molecule has 0 amide bonds. The van der Waals surface area contributed by atoms with Crippen LogP contribution in [0.5, 0.6) is 0 Å². The lowest BCUT2D eigenvalue weighted by Crippen LogP contribution is -2.15. The van der Waals surface area contributed by atoms with Crippen molar-refractivity contribution in [2.24, 2.45) is 0 Å². The van der Waals surface area contributed by atoms with E-state index in [1.54, 1.807) is 30.5 Å². The standard InChI is InChI=1S/C25H22F3N3O3S/c1-15-6-9-21(31-35(33,34)22-5-3-4-20(13-22)25(26,27)28)11-18(15)8-7-17-10-19-12-23(16(2)32)30-24(19)29-14-17/h3-6,9-14,31H,7-8H2,1-2H3,(H,29,30). The Morgan fingerprint density at radius 3 is 2.54 bits per heavy atom. The molecule has 0 aliphatic rings. The zero-order chi connectivity index (χ0) is 25.4.